The van der Waals surface area contributed by atoms with Crippen LogP contribution in [0.5, 0.6) is 0 Å². The summed E-state index contributed by atoms with van der Waals surface area (Å²) in [5.74, 6) is 1.80. The molecule has 0 saturated carbocycles. The van der Waals surface area contributed by atoms with Crippen molar-refractivity contribution in [1.82, 2.24) is 19.5 Å². The van der Waals surface area contributed by atoms with E-state index in [4.69, 9.17) is 15.0 Å². The van der Waals surface area contributed by atoms with Gasteiger partial charge in [-0.2, -0.15) is 9.97 Å². The molecule has 0 bridgehead atoms. The lowest BCUT2D eigenvalue weighted by molar-refractivity contribution is 0.661. The molecule has 69 heavy (non-hydrogen) atoms. The normalized spacial score (nSPS) is 13.0. The molecule has 0 amide bonds. The first-order chi connectivity index (χ1) is 33.9. The fraction of sp³-hybridized carbons (Fsp3) is 0.0615. The van der Waals surface area contributed by atoms with Crippen LogP contribution in [-0.2, 0) is 5.41 Å². The highest BCUT2D eigenvalue weighted by atomic mass is 15.2. The minimum atomic E-state index is -0.204. The molecule has 11 aromatic carbocycles. The molecule has 4 heteroatoms. The Hall–Kier alpha value is -8.73. The maximum absolute atomic E-state index is 5.57. The van der Waals surface area contributed by atoms with E-state index >= 15 is 0 Å². The van der Waals surface area contributed by atoms with Crippen LogP contribution in [0, 0.1) is 6.92 Å². The van der Waals surface area contributed by atoms with Crippen molar-refractivity contribution in [2.75, 3.05) is 0 Å². The maximum atomic E-state index is 5.57. The number of hydrogen-bond donors (Lipinski definition) is 0. The number of hydrogen-bond acceptors (Lipinski definition) is 3. The number of benzene rings is 11. The van der Waals surface area contributed by atoms with Crippen LogP contribution in [0.4, 0.5) is 0 Å². The smallest absolute Gasteiger partial charge is 0.238 e. The largest absolute Gasteiger partial charge is 0.277 e. The molecule has 1 aliphatic carbocycles. The lowest BCUT2D eigenvalue weighted by Gasteiger charge is -2.22. The standard InChI is InChI=1S/C65H44N4/c1-39-15-13-19-43-29-32-46(37-55(39)43)63-66-62(44-30-27-41(28-31-44)40-16-5-4-6-17-40)67-64(68-63)69-60-48(25-14-26-54(60)59-51-23-11-9-21-49(51)50-22-10-12-24-52(50)61(59)69)45-33-35-53-57(38-45)65(2,3)56-36-34-42-18-7-8-20-47(42)58(53)56/h4-38H,1-3H3. The van der Waals surface area contributed by atoms with Crippen molar-refractivity contribution >= 4 is 64.9 Å². The van der Waals surface area contributed by atoms with Gasteiger partial charge in [-0.15, -0.1) is 0 Å². The summed E-state index contributed by atoms with van der Waals surface area (Å²) in [6, 6.07) is 77.1. The number of rotatable bonds is 5. The third kappa shape index (κ3) is 5.92. The van der Waals surface area contributed by atoms with Crippen LogP contribution in [0.2, 0.25) is 0 Å². The maximum Gasteiger partial charge on any atom is 0.238 e. The highest BCUT2D eigenvalue weighted by Gasteiger charge is 2.37. The van der Waals surface area contributed by atoms with Crippen LogP contribution < -0.4 is 0 Å². The Labute approximate surface area is 399 Å². The zero-order valence-electron chi connectivity index (χ0n) is 38.5. The zero-order chi connectivity index (χ0) is 46.0. The van der Waals surface area contributed by atoms with Gasteiger partial charge < -0.3 is 0 Å². The summed E-state index contributed by atoms with van der Waals surface area (Å²) in [6.07, 6.45) is 0. The number of nitrogens with zero attached hydrogens (tertiary/aromatic N) is 4. The van der Waals surface area contributed by atoms with E-state index in [-0.39, 0.29) is 5.41 Å². The van der Waals surface area contributed by atoms with E-state index in [0.29, 0.717) is 17.6 Å². The number of aryl methyl sites for hydroxylation is 1. The second kappa shape index (κ2) is 14.9. The molecule has 4 nitrogen and oxygen atoms in total. The van der Waals surface area contributed by atoms with Crippen molar-refractivity contribution < 1.29 is 0 Å². The Kier molecular flexibility index (Phi) is 8.51. The van der Waals surface area contributed by atoms with E-state index in [2.05, 4.69) is 238 Å². The topological polar surface area (TPSA) is 43.6 Å². The van der Waals surface area contributed by atoms with E-state index in [0.717, 1.165) is 55.2 Å². The third-order valence-electron chi connectivity index (χ3n) is 15.0. The first-order valence-corrected chi connectivity index (χ1v) is 23.9. The molecule has 13 aromatic rings. The lowest BCUT2D eigenvalue weighted by Crippen LogP contribution is -2.15. The van der Waals surface area contributed by atoms with Crippen molar-refractivity contribution in [1.29, 1.82) is 0 Å². The molecular formula is C65H44N4. The second-order valence-electron chi connectivity index (χ2n) is 19.2. The fourth-order valence-electron chi connectivity index (χ4n) is 11.6. The first kappa shape index (κ1) is 39.4. The Morgan fingerprint density at radius 3 is 1.75 bits per heavy atom. The quantitative estimate of drug-likeness (QED) is 0.162. The molecule has 14 rings (SSSR count). The van der Waals surface area contributed by atoms with Crippen LogP contribution in [-0.4, -0.2) is 19.5 Å². The van der Waals surface area contributed by atoms with Crippen LogP contribution in [0.3, 0.4) is 0 Å². The van der Waals surface area contributed by atoms with Gasteiger partial charge in [0.25, 0.3) is 0 Å². The summed E-state index contributed by atoms with van der Waals surface area (Å²) in [7, 11) is 0. The molecule has 0 aliphatic heterocycles. The number of aromatic nitrogens is 4. The highest BCUT2D eigenvalue weighted by molar-refractivity contribution is 6.33. The van der Waals surface area contributed by atoms with E-state index in [1.807, 2.05) is 0 Å². The van der Waals surface area contributed by atoms with E-state index in [9.17, 15) is 0 Å². The van der Waals surface area contributed by atoms with Gasteiger partial charge in [0.05, 0.1) is 11.0 Å². The summed E-state index contributed by atoms with van der Waals surface area (Å²) < 4.78 is 2.36. The molecule has 0 N–H and O–H groups in total. The average Bonchev–Trinajstić information content (AvgIpc) is 3.88. The molecule has 0 fully saturated rings. The van der Waals surface area contributed by atoms with Crippen molar-refractivity contribution in [3.05, 3.63) is 229 Å². The second-order valence-corrected chi connectivity index (χ2v) is 19.2. The number of para-hydroxylation sites is 1. The molecule has 0 saturated heterocycles. The Morgan fingerprint density at radius 2 is 0.942 bits per heavy atom. The van der Waals surface area contributed by atoms with Gasteiger partial charge in [0, 0.05) is 38.3 Å². The van der Waals surface area contributed by atoms with Crippen molar-refractivity contribution in [3.8, 4) is 62.1 Å². The van der Waals surface area contributed by atoms with Crippen LogP contribution >= 0.6 is 0 Å². The van der Waals surface area contributed by atoms with Gasteiger partial charge in [-0.25, -0.2) is 4.98 Å². The minimum absolute atomic E-state index is 0.204. The van der Waals surface area contributed by atoms with Gasteiger partial charge in [-0.1, -0.05) is 214 Å². The predicted octanol–water partition coefficient (Wildman–Crippen LogP) is 16.9. The predicted molar refractivity (Wildman–Crippen MR) is 288 cm³/mol. The minimum Gasteiger partial charge on any atom is -0.277 e. The number of fused-ring (bicyclic) bond motifs is 14. The average molecular weight is 881 g/mol. The summed E-state index contributed by atoms with van der Waals surface area (Å²) >= 11 is 0. The SMILES string of the molecule is Cc1cccc2ccc(-c3nc(-c4ccc(-c5ccccc5)cc4)nc(-n4c5c(-c6ccc7c(c6)C(C)(C)c6ccc8ccccc8c6-7)cccc5c5c6ccccc6c6ccccc6c54)n3)cc12. The lowest BCUT2D eigenvalue weighted by atomic mass is 9.81. The Bertz CT molecular complexity index is 4280. The molecule has 0 spiro atoms. The Morgan fingerprint density at radius 1 is 0.362 bits per heavy atom. The van der Waals surface area contributed by atoms with Gasteiger partial charge in [0.2, 0.25) is 5.95 Å². The van der Waals surface area contributed by atoms with Gasteiger partial charge in [-0.05, 0) is 101 Å². The van der Waals surface area contributed by atoms with Crippen LogP contribution in [0.1, 0.15) is 30.5 Å². The molecule has 2 heterocycles. The summed E-state index contributed by atoms with van der Waals surface area (Å²) in [4.78, 5) is 16.5. The van der Waals surface area contributed by atoms with E-state index in [1.54, 1.807) is 0 Å². The van der Waals surface area contributed by atoms with Crippen LogP contribution in [0.15, 0.2) is 212 Å². The molecule has 0 unspecified atom stereocenters. The van der Waals surface area contributed by atoms with E-state index in [1.165, 1.54) is 70.9 Å². The molecule has 324 valence electrons. The van der Waals surface area contributed by atoms with Crippen LogP contribution in [0.25, 0.3) is 127 Å². The molecule has 0 radical (unpaired) electrons. The molecule has 2 aromatic heterocycles. The van der Waals surface area contributed by atoms with Crippen molar-refractivity contribution in [3.63, 3.8) is 0 Å². The third-order valence-corrected chi connectivity index (χ3v) is 15.0. The molecule has 0 atom stereocenters. The Balaban J connectivity index is 1.08. The molecular weight excluding hydrogens is 837 g/mol. The van der Waals surface area contributed by atoms with Gasteiger partial charge in [0.15, 0.2) is 11.6 Å². The van der Waals surface area contributed by atoms with Gasteiger partial charge in [-0.3, -0.25) is 4.57 Å². The summed E-state index contributed by atoms with van der Waals surface area (Å²) in [5.41, 5.74) is 14.9. The summed E-state index contributed by atoms with van der Waals surface area (Å²) in [6.45, 7) is 6.92. The van der Waals surface area contributed by atoms with E-state index < -0.39 is 0 Å². The van der Waals surface area contributed by atoms with Gasteiger partial charge >= 0.3 is 0 Å². The van der Waals surface area contributed by atoms with Gasteiger partial charge in [0.1, 0.15) is 0 Å². The van der Waals surface area contributed by atoms with Crippen molar-refractivity contribution in [2.24, 2.45) is 0 Å². The highest BCUT2D eigenvalue weighted by Crippen LogP contribution is 2.53. The molecule has 1 aliphatic rings. The first-order valence-electron chi connectivity index (χ1n) is 23.9. The summed E-state index contributed by atoms with van der Waals surface area (Å²) in [5, 5.41) is 12.0. The zero-order valence-corrected chi connectivity index (χ0v) is 38.5. The monoisotopic (exact) mass is 880 g/mol. The fourth-order valence-corrected chi connectivity index (χ4v) is 11.6. The van der Waals surface area contributed by atoms with Crippen molar-refractivity contribution in [2.45, 2.75) is 26.2 Å².